The Morgan fingerprint density at radius 2 is 1.88 bits per heavy atom. The lowest BCUT2D eigenvalue weighted by Gasteiger charge is -2.06. The lowest BCUT2D eigenvalue weighted by molar-refractivity contribution is 0.0922. The van der Waals surface area contributed by atoms with E-state index in [4.69, 9.17) is 16.0 Å². The molecule has 1 aromatic carbocycles. The van der Waals surface area contributed by atoms with E-state index in [0.29, 0.717) is 16.4 Å². The Kier molecular flexibility index (Phi) is 5.27. The second-order valence-electron chi connectivity index (χ2n) is 5.24. The van der Waals surface area contributed by atoms with Gasteiger partial charge in [-0.05, 0) is 30.3 Å². The molecule has 1 N–H and O–H groups in total. The molecule has 0 bridgehead atoms. The number of rotatable bonds is 6. The summed E-state index contributed by atoms with van der Waals surface area (Å²) in [5.41, 5.74) is 0.325. The average Bonchev–Trinajstić information content (AvgIpc) is 3.22. The highest BCUT2D eigenvalue weighted by atomic mass is 35.5. The van der Waals surface area contributed by atoms with E-state index in [9.17, 15) is 13.2 Å². The molecule has 2 heterocycles. The number of sulfone groups is 1. The van der Waals surface area contributed by atoms with E-state index in [-0.39, 0.29) is 16.4 Å². The molecule has 3 rings (SSSR count). The molecule has 0 saturated carbocycles. The van der Waals surface area contributed by atoms with Crippen LogP contribution < -0.4 is 5.32 Å². The van der Waals surface area contributed by atoms with Crippen molar-refractivity contribution >= 4 is 38.7 Å². The van der Waals surface area contributed by atoms with E-state index in [1.165, 1.54) is 35.8 Å². The van der Waals surface area contributed by atoms with Gasteiger partial charge in [-0.25, -0.2) is 8.42 Å². The largest absolute Gasteiger partial charge is 0.459 e. The molecule has 0 fully saturated rings. The van der Waals surface area contributed by atoms with Crippen molar-refractivity contribution in [2.45, 2.75) is 17.2 Å². The highest BCUT2D eigenvalue weighted by Gasteiger charge is 2.22. The van der Waals surface area contributed by atoms with Crippen LogP contribution in [0.5, 0.6) is 0 Å². The third-order valence-electron chi connectivity index (χ3n) is 3.45. The van der Waals surface area contributed by atoms with E-state index in [1.54, 1.807) is 24.3 Å². The van der Waals surface area contributed by atoms with Crippen LogP contribution in [0.1, 0.15) is 21.0 Å². The Hall–Kier alpha value is -2.09. The number of hydrogen-bond acceptors (Lipinski definition) is 5. The molecular weight excluding hydrogens is 382 g/mol. The molecule has 0 radical (unpaired) electrons. The molecule has 0 unspecified atom stereocenters. The summed E-state index contributed by atoms with van der Waals surface area (Å²) in [4.78, 5) is 13.4. The fourth-order valence-electron chi connectivity index (χ4n) is 2.26. The molecule has 0 spiro atoms. The number of hydrogen-bond donors (Lipinski definition) is 1. The maximum atomic E-state index is 12.5. The highest BCUT2D eigenvalue weighted by Crippen LogP contribution is 2.22. The van der Waals surface area contributed by atoms with Gasteiger partial charge in [0.15, 0.2) is 15.6 Å². The van der Waals surface area contributed by atoms with Gasteiger partial charge >= 0.3 is 0 Å². The molecule has 0 atom stereocenters. The predicted octanol–water partition coefficient (Wildman–Crippen LogP) is 3.90. The van der Waals surface area contributed by atoms with Gasteiger partial charge in [0.05, 0.1) is 27.8 Å². The van der Waals surface area contributed by atoms with Crippen LogP contribution in [0.3, 0.4) is 0 Å². The first kappa shape index (κ1) is 17.7. The van der Waals surface area contributed by atoms with E-state index >= 15 is 0 Å². The SMILES string of the molecule is O=C(NCc1ccc(Cl)s1)c1occc1CS(=O)(=O)c1ccccc1. The van der Waals surface area contributed by atoms with Crippen LogP contribution in [-0.2, 0) is 22.1 Å². The van der Waals surface area contributed by atoms with E-state index in [2.05, 4.69) is 5.32 Å². The number of benzene rings is 1. The average molecular weight is 396 g/mol. The Balaban J connectivity index is 1.73. The van der Waals surface area contributed by atoms with Crippen molar-refractivity contribution in [3.05, 3.63) is 75.3 Å². The summed E-state index contributed by atoms with van der Waals surface area (Å²) in [5.74, 6) is -0.767. The van der Waals surface area contributed by atoms with Crippen LogP contribution in [0.25, 0.3) is 0 Å². The fraction of sp³-hybridized carbons (Fsp3) is 0.118. The zero-order valence-electron chi connectivity index (χ0n) is 12.9. The number of furan rings is 1. The van der Waals surface area contributed by atoms with Gasteiger partial charge in [0.1, 0.15) is 0 Å². The summed E-state index contributed by atoms with van der Waals surface area (Å²) in [5, 5.41) is 2.70. The zero-order chi connectivity index (χ0) is 17.9. The standard InChI is InChI=1S/C17H14ClNO4S2/c18-15-7-6-13(24-15)10-19-17(20)16-12(8-9-23-16)11-25(21,22)14-4-2-1-3-5-14/h1-9H,10-11H2,(H,19,20). The molecule has 5 nitrogen and oxygen atoms in total. The van der Waals surface area contributed by atoms with Gasteiger partial charge < -0.3 is 9.73 Å². The first-order valence-electron chi connectivity index (χ1n) is 7.32. The number of carbonyl (C=O) groups excluding carboxylic acids is 1. The van der Waals surface area contributed by atoms with Crippen molar-refractivity contribution in [1.82, 2.24) is 5.32 Å². The molecular formula is C17H14ClNO4S2. The fourth-order valence-corrected chi connectivity index (χ4v) is 4.66. The first-order chi connectivity index (χ1) is 12.0. The van der Waals surface area contributed by atoms with Crippen molar-refractivity contribution in [2.75, 3.05) is 0 Å². The Morgan fingerprint density at radius 1 is 1.12 bits per heavy atom. The summed E-state index contributed by atoms with van der Waals surface area (Å²) in [7, 11) is -3.56. The normalized spacial score (nSPS) is 11.4. The zero-order valence-corrected chi connectivity index (χ0v) is 15.3. The molecule has 8 heteroatoms. The lowest BCUT2D eigenvalue weighted by Crippen LogP contribution is -2.23. The quantitative estimate of drug-likeness (QED) is 0.686. The van der Waals surface area contributed by atoms with Crippen LogP contribution in [0.15, 0.2) is 64.1 Å². The highest BCUT2D eigenvalue weighted by molar-refractivity contribution is 7.90. The molecule has 130 valence electrons. The number of halogens is 1. The lowest BCUT2D eigenvalue weighted by atomic mass is 10.2. The molecule has 25 heavy (non-hydrogen) atoms. The summed E-state index contributed by atoms with van der Waals surface area (Å²) in [6.45, 7) is 0.293. The summed E-state index contributed by atoms with van der Waals surface area (Å²) < 4.78 is 30.8. The van der Waals surface area contributed by atoms with Crippen molar-refractivity contribution in [1.29, 1.82) is 0 Å². The minimum atomic E-state index is -3.56. The van der Waals surface area contributed by atoms with Gasteiger partial charge in [0.2, 0.25) is 0 Å². The Labute approximate surface area is 154 Å². The summed E-state index contributed by atoms with van der Waals surface area (Å²) in [6, 6.07) is 13.2. The minimum Gasteiger partial charge on any atom is -0.459 e. The smallest absolute Gasteiger partial charge is 0.287 e. The van der Waals surface area contributed by atoms with Crippen molar-refractivity contribution in [3.8, 4) is 0 Å². The summed E-state index contributed by atoms with van der Waals surface area (Å²) >= 11 is 7.21. The molecule has 3 aromatic rings. The minimum absolute atomic E-state index is 0.00200. The topological polar surface area (TPSA) is 76.4 Å². The van der Waals surface area contributed by atoms with Crippen molar-refractivity contribution in [3.63, 3.8) is 0 Å². The van der Waals surface area contributed by atoms with Gasteiger partial charge in [-0.1, -0.05) is 29.8 Å². The number of amides is 1. The number of nitrogens with one attached hydrogen (secondary N) is 1. The van der Waals surface area contributed by atoms with Crippen molar-refractivity contribution < 1.29 is 17.6 Å². The number of carbonyl (C=O) groups is 1. The van der Waals surface area contributed by atoms with Gasteiger partial charge in [0.25, 0.3) is 5.91 Å². The van der Waals surface area contributed by atoms with E-state index in [1.807, 2.05) is 6.07 Å². The molecule has 2 aromatic heterocycles. The van der Waals surface area contributed by atoms with Crippen LogP contribution >= 0.6 is 22.9 Å². The number of thiophene rings is 1. The third-order valence-corrected chi connectivity index (χ3v) is 6.37. The second-order valence-corrected chi connectivity index (χ2v) is 9.02. The van der Waals surface area contributed by atoms with Crippen molar-refractivity contribution in [2.24, 2.45) is 0 Å². The van der Waals surface area contributed by atoms with Crippen LogP contribution in [0.2, 0.25) is 4.34 Å². The van der Waals surface area contributed by atoms with Gasteiger partial charge in [-0.2, -0.15) is 0 Å². The molecule has 0 aliphatic carbocycles. The Morgan fingerprint density at radius 3 is 2.56 bits per heavy atom. The van der Waals surface area contributed by atoms with Gasteiger partial charge in [-0.15, -0.1) is 11.3 Å². The predicted molar refractivity (Wildman–Crippen MR) is 96.5 cm³/mol. The summed E-state index contributed by atoms with van der Waals surface area (Å²) in [6.07, 6.45) is 1.31. The van der Waals surface area contributed by atoms with E-state index in [0.717, 1.165) is 4.88 Å². The van der Waals surface area contributed by atoms with E-state index < -0.39 is 15.7 Å². The third kappa shape index (κ3) is 4.31. The molecule has 0 saturated heterocycles. The first-order valence-corrected chi connectivity index (χ1v) is 10.2. The maximum absolute atomic E-state index is 12.5. The second kappa shape index (κ2) is 7.43. The maximum Gasteiger partial charge on any atom is 0.287 e. The van der Waals surface area contributed by atoms with Crippen LogP contribution in [0.4, 0.5) is 0 Å². The van der Waals surface area contributed by atoms with Gasteiger partial charge in [0, 0.05) is 10.4 Å². The van der Waals surface area contributed by atoms with Gasteiger partial charge in [-0.3, -0.25) is 4.79 Å². The molecule has 0 aliphatic rings. The molecule has 1 amide bonds. The van der Waals surface area contributed by atoms with Crippen LogP contribution in [0, 0.1) is 0 Å². The Bertz CT molecular complexity index is 977. The monoisotopic (exact) mass is 395 g/mol. The van der Waals surface area contributed by atoms with Crippen LogP contribution in [-0.4, -0.2) is 14.3 Å². The molecule has 0 aliphatic heterocycles.